The maximum absolute atomic E-state index is 13.0. The molecule has 2 aliphatic rings. The van der Waals surface area contributed by atoms with Crippen molar-refractivity contribution >= 4 is 33.5 Å². The lowest BCUT2D eigenvalue weighted by Crippen LogP contribution is -2.44. The van der Waals surface area contributed by atoms with Crippen molar-refractivity contribution in [1.29, 1.82) is 0 Å². The van der Waals surface area contributed by atoms with Crippen LogP contribution in [0, 0.1) is 5.92 Å². The summed E-state index contributed by atoms with van der Waals surface area (Å²) in [6.45, 7) is 1.40. The number of amides is 1. The van der Waals surface area contributed by atoms with Crippen LogP contribution in [0.2, 0.25) is 0 Å². The summed E-state index contributed by atoms with van der Waals surface area (Å²) in [6, 6.07) is 11.9. The van der Waals surface area contributed by atoms with E-state index in [0.29, 0.717) is 42.6 Å². The highest BCUT2D eigenvalue weighted by molar-refractivity contribution is 7.92. The van der Waals surface area contributed by atoms with Crippen molar-refractivity contribution in [3.63, 3.8) is 0 Å². The van der Waals surface area contributed by atoms with Gasteiger partial charge in [0.25, 0.3) is 0 Å². The zero-order valence-corrected chi connectivity index (χ0v) is 20.9. The van der Waals surface area contributed by atoms with Gasteiger partial charge in [-0.3, -0.25) is 14.5 Å². The number of methoxy groups -OCH3 is 1. The molecule has 1 saturated heterocycles. The molecule has 1 aliphatic heterocycles. The van der Waals surface area contributed by atoms with Crippen LogP contribution in [0.3, 0.4) is 0 Å². The van der Waals surface area contributed by atoms with E-state index in [0.717, 1.165) is 30.4 Å². The summed E-state index contributed by atoms with van der Waals surface area (Å²) in [7, 11) is -1.73. The molecular weight excluding hydrogens is 468 g/mol. The van der Waals surface area contributed by atoms with Crippen molar-refractivity contribution in [3.8, 4) is 11.5 Å². The lowest BCUT2D eigenvalue weighted by molar-refractivity contribution is -0.122. The van der Waals surface area contributed by atoms with E-state index in [1.807, 2.05) is 23.2 Å². The molecule has 1 aliphatic carbocycles. The van der Waals surface area contributed by atoms with Crippen LogP contribution in [-0.2, 0) is 14.8 Å². The van der Waals surface area contributed by atoms with Crippen molar-refractivity contribution in [2.24, 2.45) is 11.0 Å². The average molecular weight is 501 g/mol. The van der Waals surface area contributed by atoms with Gasteiger partial charge in [0, 0.05) is 17.9 Å². The molecule has 1 unspecified atom stereocenters. The van der Waals surface area contributed by atoms with Gasteiger partial charge in [0.1, 0.15) is 6.04 Å². The third-order valence-electron chi connectivity index (χ3n) is 5.95. The number of carbonyl (C=O) groups excluding carboxylic acids is 1. The van der Waals surface area contributed by atoms with Crippen LogP contribution in [0.1, 0.15) is 37.7 Å². The first-order valence-electron chi connectivity index (χ1n) is 11.8. The Kier molecular flexibility index (Phi) is 7.80. The number of rotatable bonds is 10. The summed E-state index contributed by atoms with van der Waals surface area (Å²) < 4.78 is 36.5. The summed E-state index contributed by atoms with van der Waals surface area (Å²) in [4.78, 5) is 13.0. The van der Waals surface area contributed by atoms with Gasteiger partial charge in [0.15, 0.2) is 11.5 Å². The van der Waals surface area contributed by atoms with E-state index < -0.39 is 16.1 Å². The maximum Gasteiger partial charge on any atom is 0.248 e. The van der Waals surface area contributed by atoms with E-state index in [1.165, 1.54) is 12.8 Å². The molecule has 2 aromatic rings. The summed E-state index contributed by atoms with van der Waals surface area (Å²) in [5.41, 5.74) is 1.89. The van der Waals surface area contributed by atoms with Crippen LogP contribution >= 0.6 is 0 Å². The number of sulfonamides is 1. The largest absolute Gasteiger partial charge is 0.493 e. The third kappa shape index (κ3) is 7.35. The Balaban J connectivity index is 1.39. The Labute approximate surface area is 206 Å². The zero-order chi connectivity index (χ0) is 24.8. The minimum absolute atomic E-state index is 0.146. The number of nitrogens with zero attached hydrogens (tertiary/aromatic N) is 2. The topological polar surface area (TPSA) is 109 Å². The summed E-state index contributed by atoms with van der Waals surface area (Å²) in [5.74, 6) is 1.90. The first-order chi connectivity index (χ1) is 16.8. The highest BCUT2D eigenvalue weighted by Crippen LogP contribution is 2.33. The number of hydrogen-bond donors (Lipinski definition) is 2. The van der Waals surface area contributed by atoms with Gasteiger partial charge in [-0.1, -0.05) is 0 Å². The number of benzene rings is 2. The summed E-state index contributed by atoms with van der Waals surface area (Å²) in [6.07, 6.45) is 7.89. The quantitative estimate of drug-likeness (QED) is 0.482. The van der Waals surface area contributed by atoms with E-state index in [4.69, 9.17) is 9.47 Å². The van der Waals surface area contributed by atoms with Crippen LogP contribution in [-0.4, -0.2) is 58.1 Å². The van der Waals surface area contributed by atoms with Crippen LogP contribution in [0.25, 0.3) is 0 Å². The zero-order valence-electron chi connectivity index (χ0n) is 20.1. The fourth-order valence-electron chi connectivity index (χ4n) is 3.90. The minimum Gasteiger partial charge on any atom is -0.493 e. The Morgan fingerprint density at radius 1 is 1.09 bits per heavy atom. The molecule has 188 valence electrons. The number of anilines is 2. The second-order valence-corrected chi connectivity index (χ2v) is 10.8. The van der Waals surface area contributed by atoms with Gasteiger partial charge >= 0.3 is 0 Å². The van der Waals surface area contributed by atoms with Gasteiger partial charge in [0.2, 0.25) is 15.9 Å². The molecular formula is C25H32N4O5S. The Bertz CT molecular complexity index is 1160. The smallest absolute Gasteiger partial charge is 0.248 e. The molecule has 0 aromatic heterocycles. The summed E-state index contributed by atoms with van der Waals surface area (Å²) >= 11 is 0. The van der Waals surface area contributed by atoms with E-state index in [1.54, 1.807) is 37.6 Å². The van der Waals surface area contributed by atoms with Crippen molar-refractivity contribution in [2.75, 3.05) is 36.6 Å². The molecule has 10 heteroatoms. The number of ether oxygens (including phenoxy) is 2. The number of carbonyl (C=O) groups is 1. The second-order valence-electron chi connectivity index (χ2n) is 9.02. The van der Waals surface area contributed by atoms with Crippen LogP contribution in [0.5, 0.6) is 11.5 Å². The van der Waals surface area contributed by atoms with Crippen molar-refractivity contribution in [2.45, 2.75) is 38.1 Å². The van der Waals surface area contributed by atoms with Gasteiger partial charge in [-0.15, -0.1) is 0 Å². The van der Waals surface area contributed by atoms with E-state index in [9.17, 15) is 13.2 Å². The summed E-state index contributed by atoms with van der Waals surface area (Å²) in [5, 5.41) is 9.35. The lowest BCUT2D eigenvalue weighted by Gasteiger charge is -2.32. The Hall–Kier alpha value is -3.27. The van der Waals surface area contributed by atoms with Crippen LogP contribution in [0.4, 0.5) is 11.4 Å². The first kappa shape index (κ1) is 24.8. The highest BCUT2D eigenvalue weighted by Gasteiger charge is 2.28. The fraction of sp³-hybridized carbons (Fsp3) is 0.440. The molecule has 0 bridgehead atoms. The first-order valence-corrected chi connectivity index (χ1v) is 13.7. The molecule has 0 radical (unpaired) electrons. The van der Waals surface area contributed by atoms with Gasteiger partial charge in [-0.25, -0.2) is 8.42 Å². The molecule has 0 spiro atoms. The average Bonchev–Trinajstić information content (AvgIpc) is 3.66. The SMILES string of the molecule is COc1cc(/C=N/N2CCCCC2C(=O)Nc2ccc(NS(C)(=O)=O)cc2)ccc1OCC1CC1. The van der Waals surface area contributed by atoms with Gasteiger partial charge < -0.3 is 14.8 Å². The monoisotopic (exact) mass is 500 g/mol. The lowest BCUT2D eigenvalue weighted by atomic mass is 10.0. The predicted molar refractivity (Wildman–Crippen MR) is 137 cm³/mol. The van der Waals surface area contributed by atoms with Crippen molar-refractivity contribution in [1.82, 2.24) is 5.01 Å². The Morgan fingerprint density at radius 3 is 2.51 bits per heavy atom. The van der Waals surface area contributed by atoms with Crippen LogP contribution in [0.15, 0.2) is 47.6 Å². The third-order valence-corrected chi connectivity index (χ3v) is 6.55. The molecule has 1 amide bonds. The van der Waals surface area contributed by atoms with Crippen molar-refractivity contribution in [3.05, 3.63) is 48.0 Å². The molecule has 1 heterocycles. The molecule has 9 nitrogen and oxygen atoms in total. The predicted octanol–water partition coefficient (Wildman–Crippen LogP) is 3.68. The molecule has 2 fully saturated rings. The Morgan fingerprint density at radius 2 is 1.83 bits per heavy atom. The maximum atomic E-state index is 13.0. The minimum atomic E-state index is -3.35. The molecule has 1 atom stereocenters. The number of nitrogens with one attached hydrogen (secondary N) is 2. The van der Waals surface area contributed by atoms with Gasteiger partial charge in [-0.2, -0.15) is 5.10 Å². The van der Waals surface area contributed by atoms with E-state index in [-0.39, 0.29) is 5.91 Å². The van der Waals surface area contributed by atoms with Gasteiger partial charge in [0.05, 0.1) is 26.2 Å². The molecule has 2 N–H and O–H groups in total. The molecule has 35 heavy (non-hydrogen) atoms. The normalized spacial score (nSPS) is 18.3. The number of hydrogen-bond acceptors (Lipinski definition) is 7. The second kappa shape index (κ2) is 11.0. The van der Waals surface area contributed by atoms with E-state index >= 15 is 0 Å². The van der Waals surface area contributed by atoms with Crippen molar-refractivity contribution < 1.29 is 22.7 Å². The highest BCUT2D eigenvalue weighted by atomic mass is 32.2. The van der Waals surface area contributed by atoms with E-state index in [2.05, 4.69) is 15.1 Å². The van der Waals surface area contributed by atoms with Crippen LogP contribution < -0.4 is 19.5 Å². The molecule has 4 rings (SSSR count). The molecule has 1 saturated carbocycles. The van der Waals surface area contributed by atoms with Gasteiger partial charge in [-0.05, 0) is 86.1 Å². The number of hydrazone groups is 1. The number of piperidine rings is 1. The molecule has 2 aromatic carbocycles. The standard InChI is InChI=1S/C25H32N4O5S/c1-33-24-15-19(8-13-23(24)34-17-18-6-7-18)16-26-29-14-4-3-5-22(29)25(30)27-20-9-11-21(12-10-20)28-35(2,31)32/h8-13,15-16,18,22,28H,3-7,14,17H2,1-2H3,(H,27,30)/b26-16+. The fourth-order valence-corrected chi connectivity index (χ4v) is 4.46.